The summed E-state index contributed by atoms with van der Waals surface area (Å²) in [7, 11) is 0. The van der Waals surface area contributed by atoms with Gasteiger partial charge in [-0.05, 0) is 24.4 Å². The lowest BCUT2D eigenvalue weighted by atomic mass is 10.1. The van der Waals surface area contributed by atoms with Crippen LogP contribution in [0.15, 0.2) is 29.1 Å². The van der Waals surface area contributed by atoms with Gasteiger partial charge in [0.1, 0.15) is 11.3 Å². The smallest absolute Gasteiger partial charge is 0.343 e. The van der Waals surface area contributed by atoms with Gasteiger partial charge < -0.3 is 15.2 Å². The molecule has 0 amide bonds. The fraction of sp³-hybridized carbons (Fsp3) is 0. The Morgan fingerprint density at radius 3 is 2.50 bits per heavy atom. The summed E-state index contributed by atoms with van der Waals surface area (Å²) in [5.41, 5.74) is -1.13. The molecule has 0 fully saturated rings. The molecule has 7 heteroatoms. The van der Waals surface area contributed by atoms with Crippen molar-refractivity contribution in [2.24, 2.45) is 0 Å². The van der Waals surface area contributed by atoms with Crippen molar-refractivity contribution in [2.45, 2.75) is 0 Å². The van der Waals surface area contributed by atoms with Crippen LogP contribution in [0.2, 0.25) is 0 Å². The van der Waals surface area contributed by atoms with Gasteiger partial charge in [0.25, 0.3) is 5.56 Å². The molecule has 1 aromatic carbocycles. The summed E-state index contributed by atoms with van der Waals surface area (Å²) in [6, 6.07) is 6.07. The molecule has 18 heavy (non-hydrogen) atoms. The second-order valence-electron chi connectivity index (χ2n) is 3.48. The predicted molar refractivity (Wildman–Crippen MR) is 66.3 cm³/mol. The molecule has 0 aliphatic rings. The Morgan fingerprint density at radius 1 is 1.22 bits per heavy atom. The first-order valence-corrected chi connectivity index (χ1v) is 5.30. The average Bonchev–Trinajstić information content (AvgIpc) is 2.27. The number of para-hydroxylation sites is 1. The van der Waals surface area contributed by atoms with Gasteiger partial charge in [-0.15, -0.1) is 0 Å². The molecule has 0 saturated heterocycles. The summed E-state index contributed by atoms with van der Waals surface area (Å²) in [5.74, 6) is -1.54. The van der Waals surface area contributed by atoms with Crippen LogP contribution in [0, 0.1) is 4.77 Å². The molecule has 0 atom stereocenters. The molecule has 0 unspecified atom stereocenters. The van der Waals surface area contributed by atoms with Crippen molar-refractivity contribution in [2.75, 3.05) is 0 Å². The van der Waals surface area contributed by atoms with E-state index in [4.69, 9.17) is 17.3 Å². The summed E-state index contributed by atoms with van der Waals surface area (Å²) in [4.78, 5) is 27.4. The number of carboxylic acid groups (broad SMARTS) is 1. The number of aromatic amines is 2. The zero-order valence-corrected chi connectivity index (χ0v) is 9.75. The fourth-order valence-electron chi connectivity index (χ4n) is 1.58. The van der Waals surface area contributed by atoms with E-state index in [-0.39, 0.29) is 21.8 Å². The van der Waals surface area contributed by atoms with Gasteiger partial charge in [-0.1, -0.05) is 12.1 Å². The van der Waals surface area contributed by atoms with Gasteiger partial charge in [-0.25, -0.2) is 4.79 Å². The number of phenols is 1. The molecule has 0 aliphatic heterocycles. The van der Waals surface area contributed by atoms with Crippen LogP contribution in [0.5, 0.6) is 5.75 Å². The maximum Gasteiger partial charge on any atom is 0.343 e. The molecule has 0 bridgehead atoms. The van der Waals surface area contributed by atoms with Crippen LogP contribution < -0.4 is 5.56 Å². The van der Waals surface area contributed by atoms with Gasteiger partial charge in [0.2, 0.25) is 0 Å². The lowest BCUT2D eigenvalue weighted by molar-refractivity contribution is 0.0695. The van der Waals surface area contributed by atoms with E-state index in [1.54, 1.807) is 12.1 Å². The van der Waals surface area contributed by atoms with Gasteiger partial charge in [-0.3, -0.25) is 9.78 Å². The topological polar surface area (TPSA) is 106 Å². The van der Waals surface area contributed by atoms with E-state index in [0.29, 0.717) is 0 Å². The van der Waals surface area contributed by atoms with Crippen molar-refractivity contribution in [1.29, 1.82) is 0 Å². The Labute approximate surface area is 106 Å². The zero-order valence-electron chi connectivity index (χ0n) is 8.93. The van der Waals surface area contributed by atoms with Gasteiger partial charge >= 0.3 is 5.97 Å². The highest BCUT2D eigenvalue weighted by Crippen LogP contribution is 2.28. The first-order valence-electron chi connectivity index (χ1n) is 4.89. The second-order valence-corrected chi connectivity index (χ2v) is 3.89. The number of aromatic carboxylic acids is 1. The van der Waals surface area contributed by atoms with Crippen LogP contribution in [-0.4, -0.2) is 26.2 Å². The maximum atomic E-state index is 11.6. The number of aromatic hydroxyl groups is 1. The molecule has 6 nitrogen and oxygen atoms in total. The minimum absolute atomic E-state index is 0.0109. The van der Waals surface area contributed by atoms with Crippen molar-refractivity contribution in [3.63, 3.8) is 0 Å². The minimum atomic E-state index is -1.40. The van der Waals surface area contributed by atoms with Gasteiger partial charge in [0.05, 0.1) is 5.69 Å². The van der Waals surface area contributed by atoms with Crippen LogP contribution in [0.3, 0.4) is 0 Å². The molecule has 92 valence electrons. The molecule has 0 saturated carbocycles. The van der Waals surface area contributed by atoms with Crippen molar-refractivity contribution in [3.05, 3.63) is 45.0 Å². The number of phenolic OH excluding ortho intramolecular Hbond substituents is 1. The standard InChI is InChI=1S/C11H8N2O4S/c14-6-4-2-1-3-5(6)8-7(10(16)17)9(15)13-11(18)12-8/h1-4,14H,(H,16,17)(H2,12,13,15,18). The summed E-state index contributed by atoms with van der Waals surface area (Å²) >= 11 is 4.79. The van der Waals surface area contributed by atoms with E-state index in [0.717, 1.165) is 0 Å². The lowest BCUT2D eigenvalue weighted by Crippen LogP contribution is -2.20. The predicted octanol–water partition coefficient (Wildman–Crippen LogP) is 1.50. The van der Waals surface area contributed by atoms with E-state index in [2.05, 4.69) is 9.97 Å². The first kappa shape index (κ1) is 12.1. The number of hydrogen-bond donors (Lipinski definition) is 4. The number of rotatable bonds is 2. The number of carboxylic acids is 1. The Bertz CT molecular complexity index is 732. The minimum Gasteiger partial charge on any atom is -0.507 e. The quantitative estimate of drug-likeness (QED) is 0.615. The largest absolute Gasteiger partial charge is 0.507 e. The average molecular weight is 264 g/mol. The maximum absolute atomic E-state index is 11.6. The van der Waals surface area contributed by atoms with Crippen molar-refractivity contribution in [3.8, 4) is 17.0 Å². The third kappa shape index (κ3) is 2.03. The molecular weight excluding hydrogens is 256 g/mol. The van der Waals surface area contributed by atoms with Gasteiger partial charge in [0.15, 0.2) is 4.77 Å². The van der Waals surface area contributed by atoms with E-state index < -0.39 is 17.1 Å². The molecule has 0 aliphatic carbocycles. The van der Waals surface area contributed by atoms with Crippen LogP contribution in [-0.2, 0) is 0 Å². The Morgan fingerprint density at radius 2 is 1.89 bits per heavy atom. The van der Waals surface area contributed by atoms with Crippen LogP contribution in [0.25, 0.3) is 11.3 Å². The van der Waals surface area contributed by atoms with Crippen LogP contribution >= 0.6 is 12.2 Å². The monoisotopic (exact) mass is 264 g/mol. The number of nitrogens with one attached hydrogen (secondary N) is 2. The normalized spacial score (nSPS) is 10.2. The SMILES string of the molecule is O=C(O)c1c(-c2ccccc2O)[nH]c(=S)[nH]c1=O. The number of benzene rings is 1. The molecule has 1 heterocycles. The molecular formula is C11H8N2O4S. The van der Waals surface area contributed by atoms with E-state index in [1.807, 2.05) is 0 Å². The van der Waals surface area contributed by atoms with Gasteiger partial charge in [0, 0.05) is 5.56 Å². The Hall–Kier alpha value is -2.41. The van der Waals surface area contributed by atoms with Gasteiger partial charge in [-0.2, -0.15) is 0 Å². The molecule has 0 radical (unpaired) electrons. The zero-order chi connectivity index (χ0) is 13.3. The number of aromatic nitrogens is 2. The van der Waals surface area contributed by atoms with Crippen molar-refractivity contribution in [1.82, 2.24) is 9.97 Å². The third-order valence-electron chi connectivity index (χ3n) is 2.33. The van der Waals surface area contributed by atoms with E-state index in [1.165, 1.54) is 12.1 Å². The second kappa shape index (κ2) is 4.46. The summed E-state index contributed by atoms with van der Waals surface area (Å²) < 4.78 is -0.0109. The van der Waals surface area contributed by atoms with Crippen LogP contribution in [0.4, 0.5) is 0 Å². The summed E-state index contributed by atoms with van der Waals surface area (Å²) in [6.07, 6.45) is 0. The van der Waals surface area contributed by atoms with E-state index in [9.17, 15) is 14.7 Å². The lowest BCUT2D eigenvalue weighted by Gasteiger charge is -2.07. The van der Waals surface area contributed by atoms with Crippen molar-refractivity contribution >= 4 is 18.2 Å². The highest BCUT2D eigenvalue weighted by molar-refractivity contribution is 7.71. The molecule has 1 aromatic heterocycles. The molecule has 0 spiro atoms. The Kier molecular flexibility index (Phi) is 2.99. The van der Waals surface area contributed by atoms with E-state index >= 15 is 0 Å². The third-order valence-corrected chi connectivity index (χ3v) is 2.53. The van der Waals surface area contributed by atoms with Crippen LogP contribution in [0.1, 0.15) is 10.4 Å². The first-order chi connectivity index (χ1) is 8.50. The number of hydrogen-bond acceptors (Lipinski definition) is 4. The molecule has 4 N–H and O–H groups in total. The number of carbonyl (C=O) groups is 1. The summed E-state index contributed by atoms with van der Waals surface area (Å²) in [6.45, 7) is 0. The molecule has 2 rings (SSSR count). The fourth-order valence-corrected chi connectivity index (χ4v) is 1.77. The summed E-state index contributed by atoms with van der Waals surface area (Å²) in [5, 5.41) is 18.7. The molecule has 2 aromatic rings. The van der Waals surface area contributed by atoms with Crippen molar-refractivity contribution < 1.29 is 15.0 Å². The number of H-pyrrole nitrogens is 2. The highest BCUT2D eigenvalue weighted by atomic mass is 32.1. The highest BCUT2D eigenvalue weighted by Gasteiger charge is 2.19. The Balaban J connectivity index is 2.87.